The Morgan fingerprint density at radius 3 is 1.60 bits per heavy atom. The van der Waals surface area contributed by atoms with Gasteiger partial charge in [0.25, 0.3) is 0 Å². The van der Waals surface area contributed by atoms with Crippen molar-refractivity contribution in [1.82, 2.24) is 0 Å². The number of quaternary nitrogens is 1. The average Bonchev–Trinajstić information content (AvgIpc) is 3.02. The van der Waals surface area contributed by atoms with E-state index in [2.05, 4.69) is 26.0 Å². The maximum Gasteiger partial charge on any atom is 0.472 e. The van der Waals surface area contributed by atoms with E-state index >= 15 is 0 Å². The van der Waals surface area contributed by atoms with E-state index < -0.39 is 26.5 Å². The van der Waals surface area contributed by atoms with Gasteiger partial charge >= 0.3 is 19.8 Å². The van der Waals surface area contributed by atoms with Gasteiger partial charge < -0.3 is 18.9 Å². The molecule has 0 aromatic rings. The van der Waals surface area contributed by atoms with Gasteiger partial charge in [-0.2, -0.15) is 0 Å². The number of carbonyl (C=O) groups excluding carboxylic acids is 2. The SMILES string of the molecule is CCCC/C=C/CCCCCCCC(=O)OC[C@H](COP(=O)(O)OCC[N+](C)(C)C)OC(=O)CCCCCCCCCCCCCCC. The number of hydrogen-bond donors (Lipinski definition) is 1. The van der Waals surface area contributed by atoms with Gasteiger partial charge in [0, 0.05) is 12.8 Å². The molecule has 0 radical (unpaired) electrons. The van der Waals surface area contributed by atoms with Crippen molar-refractivity contribution in [2.24, 2.45) is 0 Å². The molecule has 0 aliphatic rings. The summed E-state index contributed by atoms with van der Waals surface area (Å²) in [5.41, 5.74) is 0. The molecule has 0 aliphatic carbocycles. The zero-order valence-electron chi connectivity index (χ0n) is 31.7. The van der Waals surface area contributed by atoms with Crippen molar-refractivity contribution in [2.75, 3.05) is 47.5 Å². The largest absolute Gasteiger partial charge is 0.472 e. The van der Waals surface area contributed by atoms with E-state index in [0.717, 1.165) is 57.8 Å². The third-order valence-corrected chi connectivity index (χ3v) is 9.28. The van der Waals surface area contributed by atoms with Crippen LogP contribution in [0.2, 0.25) is 0 Å². The number of ether oxygens (including phenoxy) is 2. The van der Waals surface area contributed by atoms with Crippen LogP contribution < -0.4 is 0 Å². The second-order valence-corrected chi connectivity index (χ2v) is 15.8. The molecule has 0 bridgehead atoms. The Hall–Kier alpha value is -1.25. The minimum Gasteiger partial charge on any atom is -0.462 e. The van der Waals surface area contributed by atoms with Crippen LogP contribution >= 0.6 is 7.82 Å². The number of likely N-dealkylation sites (N-methyl/N-ethyl adjacent to an activating group) is 1. The number of phosphoric ester groups is 1. The fourth-order valence-corrected chi connectivity index (χ4v) is 5.91. The van der Waals surface area contributed by atoms with Gasteiger partial charge in [-0.3, -0.25) is 18.6 Å². The first-order valence-electron chi connectivity index (χ1n) is 19.4. The van der Waals surface area contributed by atoms with E-state index in [1.54, 1.807) is 0 Å². The first kappa shape index (κ1) is 46.8. The molecule has 0 heterocycles. The van der Waals surface area contributed by atoms with Crippen molar-refractivity contribution < 1.29 is 42.1 Å². The number of rotatable bonds is 35. The van der Waals surface area contributed by atoms with E-state index in [1.807, 2.05) is 21.1 Å². The summed E-state index contributed by atoms with van der Waals surface area (Å²) in [6.45, 7) is 4.37. The van der Waals surface area contributed by atoms with E-state index in [-0.39, 0.29) is 32.0 Å². The van der Waals surface area contributed by atoms with Crippen molar-refractivity contribution in [3.63, 3.8) is 0 Å². The second kappa shape index (κ2) is 31.7. The Morgan fingerprint density at radius 2 is 1.08 bits per heavy atom. The number of phosphoric acid groups is 1. The fraction of sp³-hybridized carbons (Fsp3) is 0.895. The van der Waals surface area contributed by atoms with Gasteiger partial charge in [-0.15, -0.1) is 0 Å². The molecule has 2 atom stereocenters. The van der Waals surface area contributed by atoms with Crippen molar-refractivity contribution >= 4 is 19.8 Å². The molecule has 0 rings (SSSR count). The van der Waals surface area contributed by atoms with Gasteiger partial charge in [0.05, 0.1) is 27.7 Å². The molecule has 1 unspecified atom stereocenters. The van der Waals surface area contributed by atoms with Gasteiger partial charge in [0.15, 0.2) is 6.10 Å². The van der Waals surface area contributed by atoms with E-state index in [4.69, 9.17) is 18.5 Å². The van der Waals surface area contributed by atoms with Gasteiger partial charge in [-0.25, -0.2) is 4.57 Å². The highest BCUT2D eigenvalue weighted by Crippen LogP contribution is 2.43. The minimum atomic E-state index is -4.36. The monoisotopic (exact) mass is 705 g/mol. The number of unbranched alkanes of at least 4 members (excludes halogenated alkanes) is 19. The zero-order valence-corrected chi connectivity index (χ0v) is 32.6. The van der Waals surface area contributed by atoms with Crippen molar-refractivity contribution in [3.8, 4) is 0 Å². The number of esters is 2. The third kappa shape index (κ3) is 34.6. The maximum atomic E-state index is 12.6. The van der Waals surface area contributed by atoms with Crippen LogP contribution in [0.3, 0.4) is 0 Å². The van der Waals surface area contributed by atoms with Crippen molar-refractivity contribution in [1.29, 1.82) is 0 Å². The molecule has 0 aromatic carbocycles. The molecule has 48 heavy (non-hydrogen) atoms. The first-order chi connectivity index (χ1) is 23.0. The molecule has 0 saturated carbocycles. The Morgan fingerprint density at radius 1 is 0.625 bits per heavy atom. The standard InChI is InChI=1S/C38H74NO8P/c1-6-8-10-12-14-16-18-19-21-23-25-27-29-31-38(41)47-36(35-46-48(42,43)45-33-32-39(3,4)5)34-44-37(40)30-28-26-24-22-20-17-15-13-11-9-7-2/h13,15,36H,6-12,14,16-35H2,1-5H3/p+1/b15-13+/t36-/m1/s1. The van der Waals surface area contributed by atoms with Crippen LogP contribution in [-0.2, 0) is 32.7 Å². The molecule has 0 fully saturated rings. The quantitative estimate of drug-likeness (QED) is 0.0228. The summed E-state index contributed by atoms with van der Waals surface area (Å²) >= 11 is 0. The lowest BCUT2D eigenvalue weighted by Gasteiger charge is -2.24. The molecule has 1 N–H and O–H groups in total. The van der Waals surface area contributed by atoms with Gasteiger partial charge in [0.2, 0.25) is 0 Å². The van der Waals surface area contributed by atoms with E-state index in [9.17, 15) is 19.0 Å². The molecule has 284 valence electrons. The van der Waals surface area contributed by atoms with Crippen molar-refractivity contribution in [2.45, 2.75) is 174 Å². The van der Waals surface area contributed by atoms with Crippen LogP contribution in [0.4, 0.5) is 0 Å². The summed E-state index contributed by atoms with van der Waals surface area (Å²) in [6, 6.07) is 0. The number of allylic oxidation sites excluding steroid dienone is 2. The Kier molecular flexibility index (Phi) is 30.9. The molecule has 0 spiro atoms. The lowest BCUT2D eigenvalue weighted by molar-refractivity contribution is -0.870. The summed E-state index contributed by atoms with van der Waals surface area (Å²) in [5, 5.41) is 0. The molecule has 0 aliphatic heterocycles. The lowest BCUT2D eigenvalue weighted by atomic mass is 10.0. The molecule has 0 aromatic heterocycles. The predicted molar refractivity (Wildman–Crippen MR) is 197 cm³/mol. The lowest BCUT2D eigenvalue weighted by Crippen LogP contribution is -2.37. The highest BCUT2D eigenvalue weighted by molar-refractivity contribution is 7.47. The maximum absolute atomic E-state index is 12.6. The van der Waals surface area contributed by atoms with E-state index in [0.29, 0.717) is 17.4 Å². The summed E-state index contributed by atoms with van der Waals surface area (Å²) in [5.74, 6) is -0.806. The molecule has 9 nitrogen and oxygen atoms in total. The molecular formula is C38H75NO8P+. The van der Waals surface area contributed by atoms with Crippen LogP contribution in [0.5, 0.6) is 0 Å². The number of nitrogens with zero attached hydrogens (tertiary/aromatic N) is 1. The summed E-state index contributed by atoms with van der Waals surface area (Å²) in [7, 11) is 1.48. The van der Waals surface area contributed by atoms with Gasteiger partial charge in [0.1, 0.15) is 19.8 Å². The van der Waals surface area contributed by atoms with Crippen LogP contribution in [0.1, 0.15) is 168 Å². The fourth-order valence-electron chi connectivity index (χ4n) is 5.17. The second-order valence-electron chi connectivity index (χ2n) is 14.3. The topological polar surface area (TPSA) is 108 Å². The smallest absolute Gasteiger partial charge is 0.462 e. The molecule has 10 heteroatoms. The Labute approximate surface area is 295 Å². The Balaban J connectivity index is 4.43. The van der Waals surface area contributed by atoms with Crippen LogP contribution in [-0.4, -0.2) is 74.9 Å². The average molecular weight is 705 g/mol. The highest BCUT2D eigenvalue weighted by Gasteiger charge is 2.27. The number of carbonyl (C=O) groups is 2. The van der Waals surface area contributed by atoms with Crippen molar-refractivity contribution in [3.05, 3.63) is 12.2 Å². The zero-order chi connectivity index (χ0) is 35.8. The third-order valence-electron chi connectivity index (χ3n) is 8.30. The summed E-state index contributed by atoms with van der Waals surface area (Å²) in [6.07, 6.45) is 29.7. The summed E-state index contributed by atoms with van der Waals surface area (Å²) < 4.78 is 34.1. The normalized spacial score (nSPS) is 13.9. The molecule has 0 amide bonds. The molecular weight excluding hydrogens is 629 g/mol. The van der Waals surface area contributed by atoms with Crippen LogP contribution in [0, 0.1) is 0 Å². The molecule has 0 saturated heterocycles. The minimum absolute atomic E-state index is 0.0332. The van der Waals surface area contributed by atoms with Gasteiger partial charge in [-0.1, -0.05) is 135 Å². The van der Waals surface area contributed by atoms with Crippen LogP contribution in [0.25, 0.3) is 0 Å². The Bertz CT molecular complexity index is 845. The highest BCUT2D eigenvalue weighted by atomic mass is 31.2. The summed E-state index contributed by atoms with van der Waals surface area (Å²) in [4.78, 5) is 35.1. The predicted octanol–water partition coefficient (Wildman–Crippen LogP) is 10.2. The number of hydrogen-bond acceptors (Lipinski definition) is 7. The van der Waals surface area contributed by atoms with Gasteiger partial charge in [-0.05, 0) is 32.1 Å². The first-order valence-corrected chi connectivity index (χ1v) is 20.9. The van der Waals surface area contributed by atoms with E-state index in [1.165, 1.54) is 77.0 Å². The van der Waals surface area contributed by atoms with Crippen LogP contribution in [0.15, 0.2) is 12.2 Å².